The summed E-state index contributed by atoms with van der Waals surface area (Å²) in [6.45, 7) is 0.716. The minimum absolute atomic E-state index is 0.556. The predicted octanol–water partition coefficient (Wildman–Crippen LogP) is 2.65. The number of anilines is 1. The van der Waals surface area contributed by atoms with Gasteiger partial charge in [0.2, 0.25) is 0 Å². The number of nitrogens with one attached hydrogen (secondary N) is 2. The Morgan fingerprint density at radius 1 is 1.26 bits per heavy atom. The first kappa shape index (κ1) is 15.0. The van der Waals surface area contributed by atoms with Crippen LogP contribution in [0.5, 0.6) is 0 Å². The number of carbonyl (C=O) groups excluding carboxylic acids is 1. The Balaban J connectivity index is 1.68. The molecule has 1 heterocycles. The van der Waals surface area contributed by atoms with Gasteiger partial charge in [0.1, 0.15) is 0 Å². The van der Waals surface area contributed by atoms with Crippen molar-refractivity contribution in [3.8, 4) is 0 Å². The highest BCUT2D eigenvalue weighted by Gasteiger charge is 2.13. The molecule has 0 saturated heterocycles. The SMILES string of the molecule is O=C(/C=C/c1ccccc1NCC1=Cc2cccnc2C1)NO. The summed E-state index contributed by atoms with van der Waals surface area (Å²) in [5.41, 5.74) is 6.94. The van der Waals surface area contributed by atoms with Crippen molar-refractivity contribution >= 4 is 23.7 Å². The Labute approximate surface area is 134 Å². The first-order valence-corrected chi connectivity index (χ1v) is 7.34. The van der Waals surface area contributed by atoms with Crippen LogP contribution in [0.4, 0.5) is 5.69 Å². The van der Waals surface area contributed by atoms with E-state index < -0.39 is 5.91 Å². The molecule has 23 heavy (non-hydrogen) atoms. The highest BCUT2D eigenvalue weighted by molar-refractivity contribution is 5.91. The number of pyridine rings is 1. The second-order valence-corrected chi connectivity index (χ2v) is 5.27. The third-order valence-corrected chi connectivity index (χ3v) is 3.67. The summed E-state index contributed by atoms with van der Waals surface area (Å²) in [4.78, 5) is 15.5. The molecule has 116 valence electrons. The van der Waals surface area contributed by atoms with Gasteiger partial charge in [-0.3, -0.25) is 15.0 Å². The van der Waals surface area contributed by atoms with E-state index in [1.165, 1.54) is 17.2 Å². The summed E-state index contributed by atoms with van der Waals surface area (Å²) in [7, 11) is 0. The van der Waals surface area contributed by atoms with Crippen molar-refractivity contribution in [3.63, 3.8) is 0 Å². The topological polar surface area (TPSA) is 74.2 Å². The zero-order valence-corrected chi connectivity index (χ0v) is 12.5. The lowest BCUT2D eigenvalue weighted by atomic mass is 10.1. The molecule has 3 N–H and O–H groups in total. The Kier molecular flexibility index (Phi) is 4.49. The largest absolute Gasteiger partial charge is 0.381 e. The molecule has 0 saturated carbocycles. The van der Waals surface area contributed by atoms with Crippen molar-refractivity contribution in [1.82, 2.24) is 10.5 Å². The van der Waals surface area contributed by atoms with Crippen LogP contribution in [0.1, 0.15) is 16.8 Å². The van der Waals surface area contributed by atoms with Crippen LogP contribution in [0.15, 0.2) is 54.2 Å². The van der Waals surface area contributed by atoms with Gasteiger partial charge in [0.25, 0.3) is 5.91 Å². The maximum Gasteiger partial charge on any atom is 0.267 e. The summed E-state index contributed by atoms with van der Waals surface area (Å²) in [6.07, 6.45) is 7.78. The van der Waals surface area contributed by atoms with E-state index in [9.17, 15) is 4.79 Å². The lowest BCUT2D eigenvalue weighted by molar-refractivity contribution is -0.124. The number of hydrogen-bond acceptors (Lipinski definition) is 4. The van der Waals surface area contributed by atoms with E-state index in [2.05, 4.69) is 22.4 Å². The van der Waals surface area contributed by atoms with E-state index in [0.29, 0.717) is 6.54 Å². The van der Waals surface area contributed by atoms with Crippen molar-refractivity contribution < 1.29 is 10.0 Å². The Hall–Kier alpha value is -2.92. The van der Waals surface area contributed by atoms with Gasteiger partial charge >= 0.3 is 0 Å². The number of hydrogen-bond donors (Lipinski definition) is 3. The van der Waals surface area contributed by atoms with E-state index in [0.717, 1.165) is 23.4 Å². The van der Waals surface area contributed by atoms with Gasteiger partial charge in [-0.2, -0.15) is 0 Å². The summed E-state index contributed by atoms with van der Waals surface area (Å²) < 4.78 is 0. The molecular weight excluding hydrogens is 290 g/mol. The zero-order chi connectivity index (χ0) is 16.1. The summed E-state index contributed by atoms with van der Waals surface area (Å²) >= 11 is 0. The van der Waals surface area contributed by atoms with E-state index in [4.69, 9.17) is 5.21 Å². The van der Waals surface area contributed by atoms with Crippen LogP contribution in [0, 0.1) is 0 Å². The maximum absolute atomic E-state index is 11.1. The van der Waals surface area contributed by atoms with Crippen molar-refractivity contribution in [1.29, 1.82) is 0 Å². The predicted molar refractivity (Wildman–Crippen MR) is 89.8 cm³/mol. The summed E-state index contributed by atoms with van der Waals surface area (Å²) in [6, 6.07) is 11.7. The lowest BCUT2D eigenvalue weighted by Gasteiger charge is -2.10. The molecule has 0 atom stereocenters. The molecule has 0 bridgehead atoms. The fourth-order valence-electron chi connectivity index (χ4n) is 2.54. The number of amides is 1. The third-order valence-electron chi connectivity index (χ3n) is 3.67. The smallest absolute Gasteiger partial charge is 0.267 e. The van der Waals surface area contributed by atoms with Gasteiger partial charge < -0.3 is 5.32 Å². The maximum atomic E-state index is 11.1. The standard InChI is InChI=1S/C18H17N3O2/c22-18(21-23)8-7-14-4-1-2-6-16(14)20-12-13-10-15-5-3-9-19-17(15)11-13/h1-10,20,23H,11-12H2,(H,21,22)/b8-7+. The molecule has 0 fully saturated rings. The fraction of sp³-hybridized carbons (Fsp3) is 0.111. The normalized spacial score (nSPS) is 12.8. The molecule has 5 heteroatoms. The van der Waals surface area contributed by atoms with Gasteiger partial charge in [-0.25, -0.2) is 5.48 Å². The number of nitrogens with zero attached hydrogens (tertiary/aromatic N) is 1. The first-order chi connectivity index (χ1) is 11.3. The molecule has 3 rings (SSSR count). The molecule has 1 aromatic carbocycles. The van der Waals surface area contributed by atoms with Crippen LogP contribution in [0.3, 0.4) is 0 Å². The molecule has 0 radical (unpaired) electrons. The lowest BCUT2D eigenvalue weighted by Crippen LogP contribution is -2.14. The van der Waals surface area contributed by atoms with Crippen LogP contribution in [-0.4, -0.2) is 22.6 Å². The second-order valence-electron chi connectivity index (χ2n) is 5.27. The first-order valence-electron chi connectivity index (χ1n) is 7.34. The quantitative estimate of drug-likeness (QED) is 0.451. The van der Waals surface area contributed by atoms with Gasteiger partial charge in [-0.15, -0.1) is 0 Å². The summed E-state index contributed by atoms with van der Waals surface area (Å²) in [5.74, 6) is -0.556. The van der Waals surface area contributed by atoms with E-state index in [-0.39, 0.29) is 0 Å². The second kappa shape index (κ2) is 6.89. The van der Waals surface area contributed by atoms with Crippen LogP contribution < -0.4 is 10.8 Å². The highest BCUT2D eigenvalue weighted by atomic mass is 16.5. The Morgan fingerprint density at radius 3 is 2.96 bits per heavy atom. The van der Waals surface area contributed by atoms with E-state index in [1.54, 1.807) is 11.6 Å². The van der Waals surface area contributed by atoms with Crippen LogP contribution in [0.25, 0.3) is 12.2 Å². The van der Waals surface area contributed by atoms with Gasteiger partial charge in [0.15, 0.2) is 0 Å². The van der Waals surface area contributed by atoms with E-state index in [1.807, 2.05) is 36.5 Å². The average Bonchev–Trinajstić information content (AvgIpc) is 3.01. The van der Waals surface area contributed by atoms with Crippen LogP contribution >= 0.6 is 0 Å². The molecule has 0 aliphatic heterocycles. The molecule has 0 spiro atoms. The third kappa shape index (κ3) is 3.64. The monoisotopic (exact) mass is 307 g/mol. The molecule has 5 nitrogen and oxygen atoms in total. The van der Waals surface area contributed by atoms with Crippen molar-refractivity contribution in [2.75, 3.05) is 11.9 Å². The number of aromatic nitrogens is 1. The number of benzene rings is 1. The van der Waals surface area contributed by atoms with Crippen LogP contribution in [0.2, 0.25) is 0 Å². The highest BCUT2D eigenvalue weighted by Crippen LogP contribution is 2.24. The number of fused-ring (bicyclic) bond motifs is 1. The average molecular weight is 307 g/mol. The fourth-order valence-corrected chi connectivity index (χ4v) is 2.54. The minimum atomic E-state index is -0.556. The minimum Gasteiger partial charge on any atom is -0.381 e. The number of rotatable bonds is 5. The molecule has 1 aliphatic rings. The molecular formula is C18H17N3O2. The van der Waals surface area contributed by atoms with Gasteiger partial charge in [-0.1, -0.05) is 30.3 Å². The molecule has 1 amide bonds. The number of para-hydroxylation sites is 1. The van der Waals surface area contributed by atoms with Crippen molar-refractivity contribution in [3.05, 3.63) is 71.1 Å². The zero-order valence-electron chi connectivity index (χ0n) is 12.5. The van der Waals surface area contributed by atoms with E-state index >= 15 is 0 Å². The van der Waals surface area contributed by atoms with Crippen LogP contribution in [-0.2, 0) is 11.2 Å². The van der Waals surface area contributed by atoms with Gasteiger partial charge in [0.05, 0.1) is 5.69 Å². The Bertz CT molecular complexity index is 781. The van der Waals surface area contributed by atoms with Crippen molar-refractivity contribution in [2.45, 2.75) is 6.42 Å². The molecule has 1 aromatic heterocycles. The van der Waals surface area contributed by atoms with Gasteiger partial charge in [-0.05, 0) is 34.9 Å². The summed E-state index contributed by atoms with van der Waals surface area (Å²) in [5, 5.41) is 11.9. The van der Waals surface area contributed by atoms with Gasteiger partial charge in [0, 0.05) is 30.9 Å². The number of carbonyl (C=O) groups is 1. The molecule has 0 unspecified atom stereocenters. The molecule has 1 aliphatic carbocycles. The number of hydroxylamine groups is 1. The Morgan fingerprint density at radius 2 is 2.13 bits per heavy atom. The molecule has 2 aromatic rings. The van der Waals surface area contributed by atoms with Crippen molar-refractivity contribution in [2.24, 2.45) is 0 Å².